The Labute approximate surface area is 156 Å². The molecule has 138 valence electrons. The third-order valence-electron chi connectivity index (χ3n) is 3.22. The summed E-state index contributed by atoms with van der Waals surface area (Å²) in [6.45, 7) is 2.03. The van der Waals surface area contributed by atoms with Gasteiger partial charge in [0, 0.05) is 23.7 Å². The molecule has 7 nitrogen and oxygen atoms in total. The van der Waals surface area contributed by atoms with E-state index in [1.807, 2.05) is 0 Å². The summed E-state index contributed by atoms with van der Waals surface area (Å²) in [7, 11) is 1.48. The zero-order valence-corrected chi connectivity index (χ0v) is 15.2. The molecule has 0 bridgehead atoms. The van der Waals surface area contributed by atoms with Gasteiger partial charge >= 0.3 is 6.03 Å². The van der Waals surface area contributed by atoms with Crippen molar-refractivity contribution in [1.82, 2.24) is 5.32 Å². The van der Waals surface area contributed by atoms with Crippen molar-refractivity contribution in [2.45, 2.75) is 6.92 Å². The van der Waals surface area contributed by atoms with Gasteiger partial charge in [0.1, 0.15) is 18.1 Å². The van der Waals surface area contributed by atoms with E-state index in [-0.39, 0.29) is 11.9 Å². The predicted octanol–water partition coefficient (Wildman–Crippen LogP) is 3.51. The van der Waals surface area contributed by atoms with E-state index in [2.05, 4.69) is 16.0 Å². The van der Waals surface area contributed by atoms with Gasteiger partial charge in [-0.2, -0.15) is 0 Å². The van der Waals surface area contributed by atoms with Gasteiger partial charge in [-0.1, -0.05) is 17.7 Å². The summed E-state index contributed by atoms with van der Waals surface area (Å²) in [5, 5.41) is 8.60. The highest BCUT2D eigenvalue weighted by molar-refractivity contribution is 6.30. The van der Waals surface area contributed by atoms with Crippen LogP contribution in [0.15, 0.2) is 42.5 Å². The number of anilines is 2. The lowest BCUT2D eigenvalue weighted by atomic mass is 10.2. The van der Waals surface area contributed by atoms with Crippen molar-refractivity contribution in [2.75, 3.05) is 30.9 Å². The Kier molecular flexibility index (Phi) is 7.11. The van der Waals surface area contributed by atoms with Gasteiger partial charge in [0.2, 0.25) is 5.91 Å². The number of amides is 3. The highest BCUT2D eigenvalue weighted by atomic mass is 35.5. The highest BCUT2D eigenvalue weighted by Gasteiger charge is 2.08. The number of methoxy groups -OCH3 is 1. The number of ether oxygens (including phenoxy) is 2. The van der Waals surface area contributed by atoms with Crippen LogP contribution in [-0.4, -0.2) is 32.2 Å². The Bertz CT molecular complexity index is 783. The third kappa shape index (κ3) is 6.18. The largest absolute Gasteiger partial charge is 0.494 e. The molecule has 2 aromatic rings. The van der Waals surface area contributed by atoms with E-state index in [4.69, 9.17) is 21.1 Å². The number of hydrogen-bond acceptors (Lipinski definition) is 4. The topological polar surface area (TPSA) is 88.7 Å². The van der Waals surface area contributed by atoms with E-state index >= 15 is 0 Å². The summed E-state index contributed by atoms with van der Waals surface area (Å²) < 4.78 is 10.7. The Hall–Kier alpha value is -2.93. The quantitative estimate of drug-likeness (QED) is 0.644. The number of nitrogens with one attached hydrogen (secondary N) is 3. The molecule has 3 amide bonds. The van der Waals surface area contributed by atoms with Crippen molar-refractivity contribution in [3.05, 3.63) is 47.5 Å². The maximum absolute atomic E-state index is 11.9. The predicted molar refractivity (Wildman–Crippen MR) is 101 cm³/mol. The third-order valence-corrected chi connectivity index (χ3v) is 3.46. The number of benzene rings is 2. The van der Waals surface area contributed by atoms with E-state index in [1.165, 1.54) is 14.0 Å². The van der Waals surface area contributed by atoms with Gasteiger partial charge in [-0.3, -0.25) is 4.79 Å². The second kappa shape index (κ2) is 9.53. The fourth-order valence-corrected chi connectivity index (χ4v) is 2.31. The number of halogens is 1. The lowest BCUT2D eigenvalue weighted by Crippen LogP contribution is -2.32. The second-order valence-electron chi connectivity index (χ2n) is 5.28. The summed E-state index contributed by atoms with van der Waals surface area (Å²) >= 11 is 5.87. The molecule has 0 heterocycles. The molecule has 2 rings (SSSR count). The first-order valence-corrected chi connectivity index (χ1v) is 8.24. The zero-order valence-electron chi connectivity index (χ0n) is 14.5. The van der Waals surface area contributed by atoms with Crippen molar-refractivity contribution in [3.63, 3.8) is 0 Å². The molecule has 0 atom stereocenters. The van der Waals surface area contributed by atoms with Gasteiger partial charge in [-0.05, 0) is 30.3 Å². The molecule has 8 heteroatoms. The van der Waals surface area contributed by atoms with Crippen molar-refractivity contribution in [1.29, 1.82) is 0 Å². The number of rotatable bonds is 7. The maximum Gasteiger partial charge on any atom is 0.319 e. The molecule has 0 aromatic heterocycles. The average Bonchev–Trinajstić information content (AvgIpc) is 2.59. The van der Waals surface area contributed by atoms with E-state index < -0.39 is 0 Å². The first-order valence-electron chi connectivity index (χ1n) is 7.87. The molecular weight excluding hydrogens is 358 g/mol. The summed E-state index contributed by atoms with van der Waals surface area (Å²) in [4.78, 5) is 23.1. The van der Waals surface area contributed by atoms with E-state index in [1.54, 1.807) is 42.5 Å². The van der Waals surface area contributed by atoms with Gasteiger partial charge in [-0.25, -0.2) is 4.79 Å². The van der Waals surface area contributed by atoms with Crippen molar-refractivity contribution in [3.8, 4) is 11.5 Å². The maximum atomic E-state index is 11.9. The summed E-state index contributed by atoms with van der Waals surface area (Å²) in [5.41, 5.74) is 1.06. The molecule has 0 aliphatic rings. The summed E-state index contributed by atoms with van der Waals surface area (Å²) in [6.07, 6.45) is 0. The van der Waals surface area contributed by atoms with Crippen molar-refractivity contribution < 1.29 is 19.1 Å². The van der Waals surface area contributed by atoms with Crippen molar-refractivity contribution >= 4 is 34.9 Å². The van der Waals surface area contributed by atoms with Gasteiger partial charge in [0.25, 0.3) is 0 Å². The Morgan fingerprint density at radius 2 is 1.92 bits per heavy atom. The Morgan fingerprint density at radius 1 is 1.12 bits per heavy atom. The van der Waals surface area contributed by atoms with Crippen LogP contribution in [0, 0.1) is 0 Å². The number of carbonyl (C=O) groups is 2. The minimum absolute atomic E-state index is 0.207. The van der Waals surface area contributed by atoms with Crippen LogP contribution in [0.4, 0.5) is 16.2 Å². The molecule has 2 aromatic carbocycles. The Balaban J connectivity index is 1.81. The molecular formula is C18H20ClN3O4. The number of urea groups is 1. The van der Waals surface area contributed by atoms with Crippen LogP contribution >= 0.6 is 11.6 Å². The molecule has 0 aliphatic heterocycles. The molecule has 3 N–H and O–H groups in total. The van der Waals surface area contributed by atoms with E-state index in [0.29, 0.717) is 41.0 Å². The van der Waals surface area contributed by atoms with E-state index in [9.17, 15) is 9.59 Å². The molecule has 0 aliphatic carbocycles. The minimum Gasteiger partial charge on any atom is -0.494 e. The number of carbonyl (C=O) groups excluding carboxylic acids is 2. The van der Waals surface area contributed by atoms with Crippen LogP contribution < -0.4 is 25.4 Å². The second-order valence-corrected chi connectivity index (χ2v) is 5.72. The van der Waals surface area contributed by atoms with Gasteiger partial charge in [0.15, 0.2) is 0 Å². The van der Waals surface area contributed by atoms with E-state index in [0.717, 1.165) is 0 Å². The molecule has 0 radical (unpaired) electrons. The lowest BCUT2D eigenvalue weighted by molar-refractivity contribution is -0.114. The SMILES string of the molecule is COc1cc(NC(=O)NCCOc2cccc(Cl)c2)ccc1NC(C)=O. The summed E-state index contributed by atoms with van der Waals surface area (Å²) in [6, 6.07) is 11.6. The van der Waals surface area contributed by atoms with Crippen molar-refractivity contribution in [2.24, 2.45) is 0 Å². The minimum atomic E-state index is -0.381. The number of hydrogen-bond donors (Lipinski definition) is 3. The molecule has 0 unspecified atom stereocenters. The highest BCUT2D eigenvalue weighted by Crippen LogP contribution is 2.27. The smallest absolute Gasteiger partial charge is 0.319 e. The first kappa shape index (κ1) is 19.4. The van der Waals surface area contributed by atoms with Crippen LogP contribution in [0.25, 0.3) is 0 Å². The van der Waals surface area contributed by atoms with Crippen LogP contribution in [0.3, 0.4) is 0 Å². The Morgan fingerprint density at radius 3 is 2.62 bits per heavy atom. The van der Waals surface area contributed by atoms with Gasteiger partial charge < -0.3 is 25.4 Å². The molecule has 0 fully saturated rings. The molecule has 0 saturated heterocycles. The standard InChI is InChI=1S/C18H20ClN3O4/c1-12(23)21-16-7-6-14(11-17(16)25-2)22-18(24)20-8-9-26-15-5-3-4-13(19)10-15/h3-7,10-11H,8-9H2,1-2H3,(H,21,23)(H2,20,22,24). The summed E-state index contributed by atoms with van der Waals surface area (Å²) in [5.74, 6) is 0.877. The monoisotopic (exact) mass is 377 g/mol. The normalized spacial score (nSPS) is 9.96. The molecule has 26 heavy (non-hydrogen) atoms. The van der Waals surface area contributed by atoms with Crippen LogP contribution in [0.1, 0.15) is 6.92 Å². The van der Waals surface area contributed by atoms with Crippen LogP contribution in [-0.2, 0) is 4.79 Å². The van der Waals surface area contributed by atoms with Gasteiger partial charge in [0.05, 0.1) is 19.3 Å². The molecule has 0 saturated carbocycles. The van der Waals surface area contributed by atoms with Crippen LogP contribution in [0.5, 0.6) is 11.5 Å². The average molecular weight is 378 g/mol. The van der Waals surface area contributed by atoms with Crippen LogP contribution in [0.2, 0.25) is 5.02 Å². The zero-order chi connectivity index (χ0) is 18.9. The fourth-order valence-electron chi connectivity index (χ4n) is 2.13. The van der Waals surface area contributed by atoms with Gasteiger partial charge in [-0.15, -0.1) is 0 Å². The lowest BCUT2D eigenvalue weighted by Gasteiger charge is -2.12. The molecule has 0 spiro atoms. The first-order chi connectivity index (χ1) is 12.5. The fraction of sp³-hybridized carbons (Fsp3) is 0.222.